The summed E-state index contributed by atoms with van der Waals surface area (Å²) < 4.78 is 11.4. The van der Waals surface area contributed by atoms with E-state index in [4.69, 9.17) is 26.8 Å². The lowest BCUT2D eigenvalue weighted by Gasteiger charge is -2.39. The van der Waals surface area contributed by atoms with Crippen molar-refractivity contribution >= 4 is 63.7 Å². The number of aromatic nitrogens is 4. The number of anilines is 2. The van der Waals surface area contributed by atoms with Gasteiger partial charge in [0.15, 0.2) is 5.69 Å². The van der Waals surface area contributed by atoms with E-state index in [1.165, 1.54) is 0 Å². The van der Waals surface area contributed by atoms with E-state index in [9.17, 15) is 24.0 Å². The molecule has 3 aliphatic rings. The molecule has 3 aliphatic heterocycles. The van der Waals surface area contributed by atoms with Crippen molar-refractivity contribution < 1.29 is 33.4 Å². The highest BCUT2D eigenvalue weighted by Crippen LogP contribution is 2.30. The van der Waals surface area contributed by atoms with Crippen molar-refractivity contribution in [1.29, 1.82) is 0 Å². The molecule has 5 amide bonds. The lowest BCUT2D eigenvalue weighted by Crippen LogP contribution is -2.60. The molecule has 0 aliphatic carbocycles. The summed E-state index contributed by atoms with van der Waals surface area (Å²) >= 11 is 6.24. The molecule has 3 aromatic heterocycles. The van der Waals surface area contributed by atoms with Gasteiger partial charge in [0.25, 0.3) is 5.91 Å². The van der Waals surface area contributed by atoms with Crippen molar-refractivity contribution in [3.63, 3.8) is 0 Å². The largest absolute Gasteiger partial charge is 0.379 e. The fraction of sp³-hybridized carbons (Fsp3) is 0.472. The van der Waals surface area contributed by atoms with Crippen LogP contribution in [-0.2, 0) is 28.7 Å². The number of amides is 5. The second kappa shape index (κ2) is 26.1. The minimum atomic E-state index is -1.03. The van der Waals surface area contributed by atoms with E-state index in [0.717, 1.165) is 46.5 Å². The summed E-state index contributed by atoms with van der Waals surface area (Å²) in [6.07, 6.45) is 8.16. The van der Waals surface area contributed by atoms with Crippen LogP contribution in [0.3, 0.4) is 0 Å². The molecule has 6 heterocycles. The maximum atomic E-state index is 13.9. The Morgan fingerprint density at radius 2 is 1.65 bits per heavy atom. The Balaban J connectivity index is 0.708. The first-order chi connectivity index (χ1) is 35.9. The lowest BCUT2D eigenvalue weighted by molar-refractivity contribution is -0.134. The van der Waals surface area contributed by atoms with E-state index in [0.29, 0.717) is 83.1 Å². The number of nitrogens with one attached hydrogen (secondary N) is 5. The number of nitrogens with two attached hydrogens (primary N) is 1. The molecule has 0 spiro atoms. The molecule has 8 rings (SSSR count). The van der Waals surface area contributed by atoms with Crippen molar-refractivity contribution in [2.24, 2.45) is 11.7 Å². The number of hydrogen-bond donors (Lipinski definition) is 6. The quantitative estimate of drug-likeness (QED) is 0.0513. The first kappa shape index (κ1) is 53.7. The Morgan fingerprint density at radius 1 is 0.892 bits per heavy atom. The molecule has 0 bridgehead atoms. The van der Waals surface area contributed by atoms with Gasteiger partial charge in [0.05, 0.1) is 62.0 Å². The standard InChI is InChI=1S/C53H68ClN13O7/c1-64-19-12-37(31-47(64)70)33-56-35-45(68)62-44-32-40(38-5-3-2-4-6-38)34-59-48(44)51(71)58-18-28-74-30-29-73-27-14-46(69)66-25-23-65(24-26-66)20-13-43(39-7-9-41(54)10-8-39)63-52(72)53(55)15-21-67(22-16-53)50-42-11-17-57-49(42)60-36-61-50/h2-11,17,32,34,36-37,43,56H,12-16,18-31,33,35,55H2,1H3,(H,58,71)(H,62,68)(H,63,72)(H,57,60,61)/t37?,43-/m0/s1. The van der Waals surface area contributed by atoms with Gasteiger partial charge in [0.1, 0.15) is 17.8 Å². The number of ether oxygens (including phenoxy) is 2. The van der Waals surface area contributed by atoms with Crippen LogP contribution in [0.25, 0.3) is 22.2 Å². The molecular formula is C53H68ClN13O7. The third-order valence-electron chi connectivity index (χ3n) is 14.1. The van der Waals surface area contributed by atoms with E-state index < -0.39 is 11.4 Å². The second-order valence-electron chi connectivity index (χ2n) is 19.2. The Hall–Kier alpha value is -6.55. The third-order valence-corrected chi connectivity index (χ3v) is 14.4. The first-order valence-electron chi connectivity index (χ1n) is 25.5. The monoisotopic (exact) mass is 1030 g/mol. The topological polar surface area (TPSA) is 245 Å². The fourth-order valence-electron chi connectivity index (χ4n) is 9.56. The molecule has 2 atom stereocenters. The first-order valence-corrected chi connectivity index (χ1v) is 25.9. The van der Waals surface area contributed by atoms with E-state index in [2.05, 4.69) is 51.0 Å². The van der Waals surface area contributed by atoms with Gasteiger partial charge in [-0.05, 0) is 73.5 Å². The van der Waals surface area contributed by atoms with E-state index in [1.54, 1.807) is 30.5 Å². The Bertz CT molecular complexity index is 2680. The maximum absolute atomic E-state index is 13.9. The highest BCUT2D eigenvalue weighted by molar-refractivity contribution is 6.30. The molecule has 5 aromatic rings. The van der Waals surface area contributed by atoms with Crippen LogP contribution in [-0.4, -0.2) is 175 Å². The Labute approximate surface area is 436 Å². The predicted octanol–water partition coefficient (Wildman–Crippen LogP) is 3.61. The number of H-pyrrole nitrogens is 1. The van der Waals surface area contributed by atoms with Crippen LogP contribution in [0.2, 0.25) is 5.02 Å². The van der Waals surface area contributed by atoms with Gasteiger partial charge < -0.3 is 56.2 Å². The molecule has 3 saturated heterocycles. The van der Waals surface area contributed by atoms with Crippen molar-refractivity contribution in [3.05, 3.63) is 102 Å². The van der Waals surface area contributed by atoms with Crippen molar-refractivity contribution in [2.75, 3.05) is 116 Å². The maximum Gasteiger partial charge on any atom is 0.272 e. The van der Waals surface area contributed by atoms with Gasteiger partial charge in [-0.25, -0.2) is 15.0 Å². The van der Waals surface area contributed by atoms with Gasteiger partial charge in [-0.2, -0.15) is 0 Å². The number of rotatable bonds is 23. The van der Waals surface area contributed by atoms with E-state index in [-0.39, 0.29) is 92.9 Å². The number of carbonyl (C=O) groups excluding carboxylic acids is 5. The summed E-state index contributed by atoms with van der Waals surface area (Å²) in [5.41, 5.74) is 9.51. The summed E-state index contributed by atoms with van der Waals surface area (Å²) in [5, 5.41) is 13.7. The zero-order valence-corrected chi connectivity index (χ0v) is 42.8. The number of likely N-dealkylation sites (tertiary alicyclic amines) is 1. The highest BCUT2D eigenvalue weighted by atomic mass is 35.5. The molecule has 2 aromatic carbocycles. The number of halogens is 1. The average Bonchev–Trinajstić information content (AvgIpc) is 3.91. The van der Waals surface area contributed by atoms with Crippen molar-refractivity contribution in [1.82, 2.24) is 50.6 Å². The number of benzene rings is 2. The zero-order chi connectivity index (χ0) is 51.9. The lowest BCUT2D eigenvalue weighted by atomic mass is 9.87. The Kier molecular flexibility index (Phi) is 18.9. The van der Waals surface area contributed by atoms with Gasteiger partial charge in [-0.3, -0.25) is 28.9 Å². The number of piperazine rings is 1. The third kappa shape index (κ3) is 14.6. The molecule has 74 heavy (non-hydrogen) atoms. The molecule has 394 valence electrons. The molecule has 7 N–H and O–H groups in total. The van der Waals surface area contributed by atoms with Crippen LogP contribution >= 0.6 is 11.6 Å². The summed E-state index contributed by atoms with van der Waals surface area (Å²) in [7, 11) is 1.80. The number of piperidine rings is 2. The molecular weight excluding hydrogens is 966 g/mol. The van der Waals surface area contributed by atoms with Crippen LogP contribution < -0.4 is 31.9 Å². The van der Waals surface area contributed by atoms with Crippen LogP contribution in [0.1, 0.15) is 60.6 Å². The van der Waals surface area contributed by atoms with Crippen LogP contribution in [0.5, 0.6) is 0 Å². The normalized spacial score (nSPS) is 17.5. The minimum absolute atomic E-state index is 0.0137. The van der Waals surface area contributed by atoms with E-state index in [1.807, 2.05) is 71.8 Å². The zero-order valence-electron chi connectivity index (χ0n) is 42.0. The van der Waals surface area contributed by atoms with Crippen LogP contribution in [0, 0.1) is 5.92 Å². The minimum Gasteiger partial charge on any atom is -0.379 e. The fourth-order valence-corrected chi connectivity index (χ4v) is 9.69. The second-order valence-corrected chi connectivity index (χ2v) is 19.7. The van der Waals surface area contributed by atoms with Gasteiger partial charge >= 0.3 is 0 Å². The molecule has 1 unspecified atom stereocenters. The van der Waals surface area contributed by atoms with Gasteiger partial charge in [0, 0.05) is 95.4 Å². The van der Waals surface area contributed by atoms with Crippen molar-refractivity contribution in [2.45, 2.75) is 50.1 Å². The number of fused-ring (bicyclic) bond motifs is 1. The van der Waals surface area contributed by atoms with Gasteiger partial charge in [0.2, 0.25) is 23.6 Å². The Morgan fingerprint density at radius 3 is 2.41 bits per heavy atom. The highest BCUT2D eigenvalue weighted by Gasteiger charge is 2.39. The number of pyridine rings is 1. The van der Waals surface area contributed by atoms with Crippen LogP contribution in [0.4, 0.5) is 11.5 Å². The average molecular weight is 1030 g/mol. The molecule has 21 heteroatoms. The summed E-state index contributed by atoms with van der Waals surface area (Å²) in [6, 6.07) is 20.5. The predicted molar refractivity (Wildman–Crippen MR) is 282 cm³/mol. The number of nitrogens with zero attached hydrogens (tertiary/aromatic N) is 7. The smallest absolute Gasteiger partial charge is 0.272 e. The van der Waals surface area contributed by atoms with Gasteiger partial charge in [-0.1, -0.05) is 54.1 Å². The summed E-state index contributed by atoms with van der Waals surface area (Å²) in [4.78, 5) is 90.0. The summed E-state index contributed by atoms with van der Waals surface area (Å²) in [6.45, 7) is 6.97. The molecule has 0 radical (unpaired) electrons. The SMILES string of the molecule is CN1CCC(CNCC(=O)Nc2cc(-c3ccccc3)cnc2C(=O)NCCOCCOCCC(=O)N2CCN(CC[C@H](NC(=O)C3(N)CCN(c4ncnc5[nH]ccc45)CC3)c3ccc(Cl)cc3)CC2)CC1=O. The molecule has 3 fully saturated rings. The van der Waals surface area contributed by atoms with Crippen molar-refractivity contribution in [3.8, 4) is 11.1 Å². The molecule has 0 saturated carbocycles. The summed E-state index contributed by atoms with van der Waals surface area (Å²) in [5.74, 6) is 0.150. The number of carbonyl (C=O) groups is 5. The van der Waals surface area contributed by atoms with E-state index >= 15 is 0 Å². The number of aromatic amines is 1. The molecule has 20 nitrogen and oxygen atoms in total. The number of hydrogen-bond acceptors (Lipinski definition) is 14. The van der Waals surface area contributed by atoms with Gasteiger partial charge in [-0.15, -0.1) is 0 Å². The van der Waals surface area contributed by atoms with Crippen LogP contribution in [0.15, 0.2) is 85.5 Å².